The van der Waals surface area contributed by atoms with E-state index in [4.69, 9.17) is 4.74 Å². The first-order chi connectivity index (χ1) is 9.85. The number of ether oxygens (including phenoxy) is 1. The summed E-state index contributed by atoms with van der Waals surface area (Å²) >= 11 is 0. The minimum absolute atomic E-state index is 0. The van der Waals surface area contributed by atoms with Crippen LogP contribution in [0.5, 0.6) is 0 Å². The van der Waals surface area contributed by atoms with Gasteiger partial charge in [0.15, 0.2) is 5.96 Å². The molecule has 1 unspecified atom stereocenters. The van der Waals surface area contributed by atoms with Gasteiger partial charge < -0.3 is 15.4 Å². The van der Waals surface area contributed by atoms with Gasteiger partial charge in [-0.05, 0) is 31.4 Å². The third kappa shape index (κ3) is 5.47. The number of nitrogens with one attached hydrogen (secondary N) is 2. The second-order valence-electron chi connectivity index (χ2n) is 4.94. The molecule has 1 aliphatic carbocycles. The van der Waals surface area contributed by atoms with E-state index in [0.717, 1.165) is 38.6 Å². The lowest BCUT2D eigenvalue weighted by Crippen LogP contribution is -2.39. The van der Waals surface area contributed by atoms with Crippen molar-refractivity contribution in [3.63, 3.8) is 0 Å². The van der Waals surface area contributed by atoms with Crippen molar-refractivity contribution in [2.75, 3.05) is 32.8 Å². The van der Waals surface area contributed by atoms with Crippen LogP contribution in [0.3, 0.4) is 0 Å². The Balaban J connectivity index is 0.00000220. The van der Waals surface area contributed by atoms with Crippen LogP contribution in [0.25, 0.3) is 0 Å². The lowest BCUT2D eigenvalue weighted by molar-refractivity contribution is 0.152. The van der Waals surface area contributed by atoms with E-state index in [1.165, 1.54) is 11.1 Å². The Morgan fingerprint density at radius 2 is 2.10 bits per heavy atom. The first-order valence-corrected chi connectivity index (χ1v) is 7.52. The highest BCUT2D eigenvalue weighted by atomic mass is 127. The zero-order valence-corrected chi connectivity index (χ0v) is 15.2. The van der Waals surface area contributed by atoms with Crippen LogP contribution in [0.2, 0.25) is 0 Å². The molecule has 0 aliphatic heterocycles. The Hall–Kier alpha value is -0.820. The molecule has 5 heteroatoms. The number of nitrogens with zero attached hydrogens (tertiary/aromatic N) is 1. The topological polar surface area (TPSA) is 45.7 Å². The van der Waals surface area contributed by atoms with Crippen molar-refractivity contribution in [1.29, 1.82) is 0 Å². The maximum absolute atomic E-state index is 5.32. The zero-order chi connectivity index (χ0) is 14.2. The van der Waals surface area contributed by atoms with Gasteiger partial charge in [0.05, 0.1) is 6.61 Å². The molecule has 0 spiro atoms. The smallest absolute Gasteiger partial charge is 0.191 e. The quantitative estimate of drug-likeness (QED) is 0.318. The number of aliphatic imine (C=N–C) groups is 1. The standard InChI is InChI=1S/C16H25N3O.HI/c1-3-17-16(18-9-10-20-4-2)19-12-14-11-13-7-5-6-8-15(13)14;/h5-8,14H,3-4,9-12H2,1-2H3,(H2,17,18,19);1H. The summed E-state index contributed by atoms with van der Waals surface area (Å²) in [7, 11) is 0. The van der Waals surface area contributed by atoms with E-state index in [2.05, 4.69) is 46.8 Å². The molecule has 4 nitrogen and oxygen atoms in total. The van der Waals surface area contributed by atoms with Gasteiger partial charge in [0, 0.05) is 32.2 Å². The number of hydrogen-bond donors (Lipinski definition) is 2. The van der Waals surface area contributed by atoms with Gasteiger partial charge in [-0.15, -0.1) is 24.0 Å². The Labute approximate surface area is 144 Å². The highest BCUT2D eigenvalue weighted by Gasteiger charge is 2.24. The highest BCUT2D eigenvalue weighted by molar-refractivity contribution is 14.0. The van der Waals surface area contributed by atoms with Crippen molar-refractivity contribution < 1.29 is 4.74 Å². The molecule has 0 amide bonds. The van der Waals surface area contributed by atoms with Gasteiger partial charge in [-0.25, -0.2) is 0 Å². The molecule has 0 radical (unpaired) electrons. The van der Waals surface area contributed by atoms with E-state index in [9.17, 15) is 0 Å². The Bertz CT molecular complexity index is 451. The first-order valence-electron chi connectivity index (χ1n) is 7.52. The average molecular weight is 403 g/mol. The van der Waals surface area contributed by atoms with E-state index >= 15 is 0 Å². The molecule has 1 aliphatic rings. The SMILES string of the molecule is CCNC(=NCC1Cc2ccccc21)NCCOCC.I. The Morgan fingerprint density at radius 1 is 1.29 bits per heavy atom. The lowest BCUT2D eigenvalue weighted by atomic mass is 9.78. The van der Waals surface area contributed by atoms with Crippen LogP contribution in [-0.2, 0) is 11.2 Å². The summed E-state index contributed by atoms with van der Waals surface area (Å²) in [6.07, 6.45) is 1.15. The van der Waals surface area contributed by atoms with E-state index in [0.29, 0.717) is 12.5 Å². The second-order valence-corrected chi connectivity index (χ2v) is 4.94. The van der Waals surface area contributed by atoms with Crippen molar-refractivity contribution in [3.05, 3.63) is 35.4 Å². The number of halogens is 1. The minimum Gasteiger partial charge on any atom is -0.380 e. The molecule has 0 fully saturated rings. The van der Waals surface area contributed by atoms with E-state index in [-0.39, 0.29) is 24.0 Å². The second kappa shape index (κ2) is 10.00. The molecule has 118 valence electrons. The molecular formula is C16H26IN3O. The summed E-state index contributed by atoms with van der Waals surface area (Å²) in [5.41, 5.74) is 2.93. The summed E-state index contributed by atoms with van der Waals surface area (Å²) in [5.74, 6) is 1.46. The van der Waals surface area contributed by atoms with Gasteiger partial charge in [0.1, 0.15) is 0 Å². The molecule has 1 atom stereocenters. The number of benzene rings is 1. The molecule has 0 saturated carbocycles. The monoisotopic (exact) mass is 403 g/mol. The minimum atomic E-state index is 0. The molecule has 21 heavy (non-hydrogen) atoms. The number of rotatable bonds is 7. The van der Waals surface area contributed by atoms with Gasteiger partial charge in [0.25, 0.3) is 0 Å². The molecule has 2 N–H and O–H groups in total. The molecule has 0 aromatic heterocycles. The van der Waals surface area contributed by atoms with Crippen molar-refractivity contribution in [3.8, 4) is 0 Å². The number of guanidine groups is 1. The van der Waals surface area contributed by atoms with E-state index in [1.54, 1.807) is 0 Å². The number of hydrogen-bond acceptors (Lipinski definition) is 2. The molecule has 0 saturated heterocycles. The van der Waals surface area contributed by atoms with Crippen LogP contribution in [0.15, 0.2) is 29.3 Å². The van der Waals surface area contributed by atoms with Gasteiger partial charge in [-0.1, -0.05) is 24.3 Å². The third-order valence-electron chi connectivity index (χ3n) is 3.52. The molecule has 1 aromatic carbocycles. The van der Waals surface area contributed by atoms with Gasteiger partial charge >= 0.3 is 0 Å². The van der Waals surface area contributed by atoms with Crippen molar-refractivity contribution in [1.82, 2.24) is 10.6 Å². The maximum atomic E-state index is 5.32. The fraction of sp³-hybridized carbons (Fsp3) is 0.562. The Morgan fingerprint density at radius 3 is 2.81 bits per heavy atom. The summed E-state index contributed by atoms with van der Waals surface area (Å²) in [6.45, 7) is 8.08. The first kappa shape index (κ1) is 18.2. The van der Waals surface area contributed by atoms with Crippen LogP contribution < -0.4 is 10.6 Å². The van der Waals surface area contributed by atoms with E-state index in [1.807, 2.05) is 6.92 Å². The summed E-state index contributed by atoms with van der Waals surface area (Å²) < 4.78 is 5.32. The molecule has 0 heterocycles. The normalized spacial score (nSPS) is 16.5. The molecule has 1 aromatic rings. The lowest BCUT2D eigenvalue weighted by Gasteiger charge is -2.28. The fourth-order valence-corrected chi connectivity index (χ4v) is 2.45. The molecule has 2 rings (SSSR count). The van der Waals surface area contributed by atoms with Gasteiger partial charge in [-0.3, -0.25) is 4.99 Å². The number of fused-ring (bicyclic) bond motifs is 1. The van der Waals surface area contributed by atoms with E-state index < -0.39 is 0 Å². The van der Waals surface area contributed by atoms with Crippen molar-refractivity contribution >= 4 is 29.9 Å². The fourth-order valence-electron chi connectivity index (χ4n) is 2.45. The van der Waals surface area contributed by atoms with Crippen molar-refractivity contribution in [2.45, 2.75) is 26.2 Å². The highest BCUT2D eigenvalue weighted by Crippen LogP contribution is 2.34. The predicted molar refractivity (Wildman–Crippen MR) is 98.8 cm³/mol. The largest absolute Gasteiger partial charge is 0.380 e. The molecular weight excluding hydrogens is 377 g/mol. The van der Waals surface area contributed by atoms with Crippen LogP contribution in [-0.4, -0.2) is 38.8 Å². The summed E-state index contributed by atoms with van der Waals surface area (Å²) in [4.78, 5) is 4.67. The summed E-state index contributed by atoms with van der Waals surface area (Å²) in [6, 6.07) is 8.65. The predicted octanol–water partition coefficient (Wildman–Crippen LogP) is 2.54. The molecule has 0 bridgehead atoms. The van der Waals surface area contributed by atoms with Gasteiger partial charge in [0.2, 0.25) is 0 Å². The zero-order valence-electron chi connectivity index (χ0n) is 12.9. The van der Waals surface area contributed by atoms with Crippen LogP contribution in [0, 0.1) is 0 Å². The maximum Gasteiger partial charge on any atom is 0.191 e. The summed E-state index contributed by atoms with van der Waals surface area (Å²) in [5, 5.41) is 6.57. The van der Waals surface area contributed by atoms with Crippen LogP contribution in [0.1, 0.15) is 30.9 Å². The Kier molecular flexibility index (Phi) is 8.68. The van der Waals surface area contributed by atoms with Gasteiger partial charge in [-0.2, -0.15) is 0 Å². The third-order valence-corrected chi connectivity index (χ3v) is 3.52. The average Bonchev–Trinajstić information content (AvgIpc) is 2.44. The van der Waals surface area contributed by atoms with Crippen LogP contribution >= 0.6 is 24.0 Å². The van der Waals surface area contributed by atoms with Crippen molar-refractivity contribution in [2.24, 2.45) is 4.99 Å². The van der Waals surface area contributed by atoms with Crippen LogP contribution in [0.4, 0.5) is 0 Å².